The fraction of sp³-hybridized carbons (Fsp3) is 0.857. The molecule has 110 valence electrons. The first-order valence-corrected chi connectivity index (χ1v) is 8.53. The van der Waals surface area contributed by atoms with Crippen molar-refractivity contribution in [3.8, 4) is 0 Å². The lowest BCUT2D eigenvalue weighted by Gasteiger charge is -2.33. The molecule has 1 aliphatic rings. The molecule has 1 rings (SSSR count). The van der Waals surface area contributed by atoms with Crippen molar-refractivity contribution in [2.75, 3.05) is 18.6 Å². The largest absolute Gasteiger partial charge is 0.344 e. The summed E-state index contributed by atoms with van der Waals surface area (Å²) < 4.78 is 0. The third-order valence-electron chi connectivity index (χ3n) is 3.93. The molecule has 0 bridgehead atoms. The van der Waals surface area contributed by atoms with Crippen LogP contribution in [0.4, 0.5) is 0 Å². The van der Waals surface area contributed by atoms with Crippen LogP contribution >= 0.6 is 11.8 Å². The molecule has 0 saturated carbocycles. The van der Waals surface area contributed by atoms with Crippen molar-refractivity contribution in [2.24, 2.45) is 5.92 Å². The van der Waals surface area contributed by atoms with Crippen LogP contribution in [-0.4, -0.2) is 47.4 Å². The Labute approximate surface area is 120 Å². The highest BCUT2D eigenvalue weighted by Crippen LogP contribution is 2.19. The second-order valence-electron chi connectivity index (χ2n) is 5.23. The van der Waals surface area contributed by atoms with E-state index in [4.69, 9.17) is 0 Å². The van der Waals surface area contributed by atoms with Crippen molar-refractivity contribution in [1.82, 2.24) is 10.2 Å². The van der Waals surface area contributed by atoms with E-state index < -0.39 is 0 Å². The maximum absolute atomic E-state index is 12.7. The van der Waals surface area contributed by atoms with E-state index in [0.717, 1.165) is 18.6 Å². The molecule has 0 aromatic heterocycles. The highest BCUT2D eigenvalue weighted by molar-refractivity contribution is 7.98. The lowest BCUT2D eigenvalue weighted by molar-refractivity contribution is -0.136. The number of amides is 2. The molecule has 1 aliphatic heterocycles. The molecule has 5 heteroatoms. The number of carbonyl (C=O) groups is 2. The van der Waals surface area contributed by atoms with Crippen LogP contribution in [0.1, 0.15) is 40.0 Å². The predicted molar refractivity (Wildman–Crippen MR) is 80.2 cm³/mol. The summed E-state index contributed by atoms with van der Waals surface area (Å²) in [5, 5.41) is 2.89. The molecule has 1 heterocycles. The predicted octanol–water partition coefficient (Wildman–Crippen LogP) is 1.89. The molecule has 3 atom stereocenters. The first kappa shape index (κ1) is 16.3. The summed E-state index contributed by atoms with van der Waals surface area (Å²) in [5.41, 5.74) is 0. The SMILES string of the molecule is CCC(C)C1NC(=O)CCN(C(CC)CSC)C1=O. The van der Waals surface area contributed by atoms with Crippen LogP contribution in [-0.2, 0) is 9.59 Å². The van der Waals surface area contributed by atoms with Crippen LogP contribution in [0.2, 0.25) is 0 Å². The van der Waals surface area contributed by atoms with Crippen LogP contribution < -0.4 is 5.32 Å². The first-order chi connectivity index (χ1) is 9.04. The summed E-state index contributed by atoms with van der Waals surface area (Å²) in [5.74, 6) is 1.22. The van der Waals surface area contributed by atoms with Gasteiger partial charge in [-0.15, -0.1) is 0 Å². The summed E-state index contributed by atoms with van der Waals surface area (Å²) in [6, 6.07) is -0.113. The number of carbonyl (C=O) groups excluding carboxylic acids is 2. The first-order valence-electron chi connectivity index (χ1n) is 7.13. The van der Waals surface area contributed by atoms with Gasteiger partial charge in [-0.2, -0.15) is 11.8 Å². The van der Waals surface area contributed by atoms with Crippen LogP contribution in [0.3, 0.4) is 0 Å². The minimum Gasteiger partial charge on any atom is -0.344 e. The zero-order valence-corrected chi connectivity index (χ0v) is 13.3. The topological polar surface area (TPSA) is 49.4 Å². The Hall–Kier alpha value is -0.710. The molecule has 4 nitrogen and oxygen atoms in total. The van der Waals surface area contributed by atoms with Crippen molar-refractivity contribution in [3.63, 3.8) is 0 Å². The van der Waals surface area contributed by atoms with Gasteiger partial charge in [0.1, 0.15) is 6.04 Å². The molecule has 0 radical (unpaired) electrons. The van der Waals surface area contributed by atoms with Crippen LogP contribution in [0.15, 0.2) is 0 Å². The number of nitrogens with one attached hydrogen (secondary N) is 1. The highest BCUT2D eigenvalue weighted by Gasteiger charge is 2.35. The standard InChI is InChI=1S/C14H26N2O2S/c1-5-10(3)13-14(18)16(8-7-12(17)15-13)11(6-2)9-19-4/h10-11,13H,5-9H2,1-4H3,(H,15,17). The van der Waals surface area contributed by atoms with Crippen molar-refractivity contribution in [1.29, 1.82) is 0 Å². The lowest BCUT2D eigenvalue weighted by Crippen LogP contribution is -2.51. The van der Waals surface area contributed by atoms with Gasteiger partial charge in [-0.1, -0.05) is 27.2 Å². The van der Waals surface area contributed by atoms with E-state index in [1.165, 1.54) is 0 Å². The Morgan fingerprint density at radius 3 is 2.58 bits per heavy atom. The number of rotatable bonds is 6. The van der Waals surface area contributed by atoms with Crippen LogP contribution in [0, 0.1) is 5.92 Å². The van der Waals surface area contributed by atoms with Crippen molar-refractivity contribution in [2.45, 2.75) is 52.1 Å². The summed E-state index contributed by atoms with van der Waals surface area (Å²) >= 11 is 1.75. The van der Waals surface area contributed by atoms with Crippen molar-refractivity contribution >= 4 is 23.6 Å². The van der Waals surface area contributed by atoms with Crippen molar-refractivity contribution in [3.05, 3.63) is 0 Å². The van der Waals surface area contributed by atoms with E-state index in [1.807, 2.05) is 11.8 Å². The van der Waals surface area contributed by atoms with E-state index >= 15 is 0 Å². The minimum atomic E-state index is -0.351. The average molecular weight is 286 g/mol. The van der Waals surface area contributed by atoms with E-state index in [-0.39, 0.29) is 29.8 Å². The Bertz CT molecular complexity index is 323. The minimum absolute atomic E-state index is 0.000143. The summed E-state index contributed by atoms with van der Waals surface area (Å²) in [6.07, 6.45) is 4.31. The highest BCUT2D eigenvalue weighted by atomic mass is 32.2. The lowest BCUT2D eigenvalue weighted by atomic mass is 9.97. The Kier molecular flexibility index (Phi) is 6.69. The molecule has 0 aromatic carbocycles. The van der Waals surface area contributed by atoms with E-state index in [1.54, 1.807) is 11.8 Å². The van der Waals surface area contributed by atoms with E-state index in [9.17, 15) is 9.59 Å². The van der Waals surface area contributed by atoms with Gasteiger partial charge in [-0.25, -0.2) is 0 Å². The zero-order chi connectivity index (χ0) is 14.4. The molecule has 0 spiro atoms. The molecule has 1 fully saturated rings. The molecule has 1 saturated heterocycles. The fourth-order valence-electron chi connectivity index (χ4n) is 2.42. The van der Waals surface area contributed by atoms with Gasteiger partial charge in [-0.3, -0.25) is 9.59 Å². The zero-order valence-electron chi connectivity index (χ0n) is 12.4. The van der Waals surface area contributed by atoms with Gasteiger partial charge in [-0.05, 0) is 18.6 Å². The maximum Gasteiger partial charge on any atom is 0.245 e. The van der Waals surface area contributed by atoms with Crippen LogP contribution in [0.25, 0.3) is 0 Å². The normalized spacial score (nSPS) is 23.8. The number of hydrogen-bond acceptors (Lipinski definition) is 3. The van der Waals surface area contributed by atoms with Gasteiger partial charge >= 0.3 is 0 Å². The average Bonchev–Trinajstić information content (AvgIpc) is 2.55. The smallest absolute Gasteiger partial charge is 0.245 e. The van der Waals surface area contributed by atoms with Gasteiger partial charge in [0.2, 0.25) is 11.8 Å². The van der Waals surface area contributed by atoms with Gasteiger partial charge < -0.3 is 10.2 Å². The summed E-state index contributed by atoms with van der Waals surface area (Å²) in [4.78, 5) is 26.4. The van der Waals surface area contributed by atoms with Crippen molar-refractivity contribution < 1.29 is 9.59 Å². The van der Waals surface area contributed by atoms with E-state index in [0.29, 0.717) is 13.0 Å². The number of hydrogen-bond donors (Lipinski definition) is 1. The Balaban J connectivity index is 2.91. The molecule has 1 N–H and O–H groups in total. The van der Waals surface area contributed by atoms with Gasteiger partial charge in [0, 0.05) is 24.8 Å². The summed E-state index contributed by atoms with van der Waals surface area (Å²) in [6.45, 7) is 6.74. The second-order valence-corrected chi connectivity index (χ2v) is 6.14. The Morgan fingerprint density at radius 1 is 1.37 bits per heavy atom. The quantitative estimate of drug-likeness (QED) is 0.811. The van der Waals surface area contributed by atoms with Gasteiger partial charge in [0.25, 0.3) is 0 Å². The van der Waals surface area contributed by atoms with E-state index in [2.05, 4.69) is 25.4 Å². The molecule has 19 heavy (non-hydrogen) atoms. The number of thioether (sulfide) groups is 1. The molecule has 0 aliphatic carbocycles. The third-order valence-corrected chi connectivity index (χ3v) is 4.65. The maximum atomic E-state index is 12.7. The molecule has 0 aromatic rings. The Morgan fingerprint density at radius 2 is 2.05 bits per heavy atom. The van der Waals surface area contributed by atoms with Gasteiger partial charge in [0.05, 0.1) is 0 Å². The fourth-order valence-corrected chi connectivity index (χ4v) is 3.22. The second kappa shape index (κ2) is 7.78. The summed E-state index contributed by atoms with van der Waals surface area (Å²) in [7, 11) is 0. The molecular formula is C14H26N2O2S. The monoisotopic (exact) mass is 286 g/mol. The van der Waals surface area contributed by atoms with Gasteiger partial charge in [0.15, 0.2) is 0 Å². The number of nitrogens with zero attached hydrogens (tertiary/aromatic N) is 1. The molecule has 2 amide bonds. The third kappa shape index (κ3) is 4.13. The van der Waals surface area contributed by atoms with Crippen LogP contribution in [0.5, 0.6) is 0 Å². The molecule has 3 unspecified atom stereocenters. The molecular weight excluding hydrogens is 260 g/mol.